The molecule has 1 heterocycles. The van der Waals surface area contributed by atoms with E-state index in [9.17, 15) is 4.39 Å². The lowest BCUT2D eigenvalue weighted by atomic mass is 9.99. The summed E-state index contributed by atoms with van der Waals surface area (Å²) >= 11 is 3.17. The molecule has 0 atom stereocenters. The topological polar surface area (TPSA) is 48.1 Å². The van der Waals surface area contributed by atoms with Gasteiger partial charge in [-0.05, 0) is 58.1 Å². The Hall–Kier alpha value is -1.62. The Balaban J connectivity index is 2.44. The van der Waals surface area contributed by atoms with E-state index in [4.69, 9.17) is 10.5 Å². The molecule has 2 N–H and O–H groups in total. The monoisotopic (exact) mass is 338 g/mol. The van der Waals surface area contributed by atoms with E-state index in [2.05, 4.69) is 20.9 Å². The summed E-state index contributed by atoms with van der Waals surface area (Å²) in [5.74, 6) is 0.245. The molecule has 106 valence electrons. The van der Waals surface area contributed by atoms with Crippen molar-refractivity contribution in [3.63, 3.8) is 0 Å². The minimum atomic E-state index is -0.511. The minimum Gasteiger partial charge on any atom is -0.436 e. The van der Waals surface area contributed by atoms with Crippen LogP contribution in [-0.2, 0) is 0 Å². The molecule has 1 aromatic carbocycles. The fraction of sp³-hybridized carbons (Fsp3) is 0.267. The maximum Gasteiger partial charge on any atom is 0.255 e. The number of nitrogen functional groups attached to an aromatic ring is 1. The molecule has 0 aliphatic carbocycles. The summed E-state index contributed by atoms with van der Waals surface area (Å²) in [5, 5.41) is 0. The fourth-order valence-corrected chi connectivity index (χ4v) is 2.14. The fourth-order valence-electron chi connectivity index (χ4n) is 1.84. The molecule has 20 heavy (non-hydrogen) atoms. The highest BCUT2D eigenvalue weighted by Gasteiger charge is 2.14. The van der Waals surface area contributed by atoms with Gasteiger partial charge in [-0.1, -0.05) is 13.8 Å². The van der Waals surface area contributed by atoms with Crippen LogP contribution in [0.1, 0.15) is 30.9 Å². The van der Waals surface area contributed by atoms with E-state index in [1.54, 1.807) is 0 Å². The Morgan fingerprint density at radius 3 is 2.60 bits per heavy atom. The van der Waals surface area contributed by atoms with Gasteiger partial charge in [-0.3, -0.25) is 0 Å². The lowest BCUT2D eigenvalue weighted by molar-refractivity contribution is 0.416. The van der Waals surface area contributed by atoms with Gasteiger partial charge in [0, 0.05) is 16.4 Å². The molecule has 0 fully saturated rings. The number of anilines is 1. The largest absolute Gasteiger partial charge is 0.436 e. The van der Waals surface area contributed by atoms with E-state index in [0.717, 1.165) is 11.1 Å². The van der Waals surface area contributed by atoms with Crippen LogP contribution >= 0.6 is 15.9 Å². The van der Waals surface area contributed by atoms with Gasteiger partial charge in [-0.15, -0.1) is 0 Å². The Morgan fingerprint density at radius 2 is 2.00 bits per heavy atom. The molecule has 3 nitrogen and oxygen atoms in total. The van der Waals surface area contributed by atoms with Crippen molar-refractivity contribution in [2.75, 3.05) is 5.73 Å². The number of rotatable bonds is 3. The van der Waals surface area contributed by atoms with Gasteiger partial charge in [0.05, 0.1) is 0 Å². The number of hydrogen-bond acceptors (Lipinski definition) is 3. The first kappa shape index (κ1) is 14.8. The lowest BCUT2D eigenvalue weighted by Crippen LogP contribution is -2.00. The summed E-state index contributed by atoms with van der Waals surface area (Å²) < 4.78 is 20.0. The quantitative estimate of drug-likeness (QED) is 0.818. The van der Waals surface area contributed by atoms with Gasteiger partial charge in [0.15, 0.2) is 5.82 Å². The van der Waals surface area contributed by atoms with Crippen LogP contribution in [-0.4, -0.2) is 4.98 Å². The first-order valence-electron chi connectivity index (χ1n) is 6.27. The van der Waals surface area contributed by atoms with Gasteiger partial charge in [0.25, 0.3) is 5.88 Å². The SMILES string of the molecule is Cc1cc(Oc2ncc(Br)cc2F)c(C(C)C)cc1N. The van der Waals surface area contributed by atoms with Crippen LogP contribution in [0.25, 0.3) is 0 Å². The molecule has 0 unspecified atom stereocenters. The zero-order valence-corrected chi connectivity index (χ0v) is 13.2. The lowest BCUT2D eigenvalue weighted by Gasteiger charge is -2.16. The molecule has 0 amide bonds. The molecular weight excluding hydrogens is 323 g/mol. The Morgan fingerprint density at radius 1 is 1.30 bits per heavy atom. The first-order chi connectivity index (χ1) is 9.38. The summed E-state index contributed by atoms with van der Waals surface area (Å²) in [5.41, 5.74) is 8.44. The first-order valence-corrected chi connectivity index (χ1v) is 7.06. The molecule has 0 radical (unpaired) electrons. The average Bonchev–Trinajstić information content (AvgIpc) is 2.36. The van der Waals surface area contributed by atoms with Crippen LogP contribution in [0.2, 0.25) is 0 Å². The average molecular weight is 339 g/mol. The molecule has 0 bridgehead atoms. The normalized spacial score (nSPS) is 10.9. The number of aromatic nitrogens is 1. The number of aryl methyl sites for hydroxylation is 1. The highest BCUT2D eigenvalue weighted by atomic mass is 79.9. The zero-order chi connectivity index (χ0) is 14.9. The van der Waals surface area contributed by atoms with Crippen molar-refractivity contribution in [1.29, 1.82) is 0 Å². The predicted octanol–water partition coefficient (Wildman–Crippen LogP) is 4.79. The summed E-state index contributed by atoms with van der Waals surface area (Å²) in [7, 11) is 0. The van der Waals surface area contributed by atoms with Crippen molar-refractivity contribution in [2.24, 2.45) is 0 Å². The van der Waals surface area contributed by atoms with Gasteiger partial charge in [0.2, 0.25) is 0 Å². The van der Waals surface area contributed by atoms with Crippen LogP contribution in [0.15, 0.2) is 28.9 Å². The van der Waals surface area contributed by atoms with Gasteiger partial charge in [-0.2, -0.15) is 0 Å². The second kappa shape index (κ2) is 5.79. The zero-order valence-electron chi connectivity index (χ0n) is 11.6. The summed E-state index contributed by atoms with van der Waals surface area (Å²) in [6.45, 7) is 5.95. The van der Waals surface area contributed by atoms with Gasteiger partial charge < -0.3 is 10.5 Å². The number of pyridine rings is 1. The third kappa shape index (κ3) is 3.10. The van der Waals surface area contributed by atoms with Crippen LogP contribution < -0.4 is 10.5 Å². The molecular formula is C15H16BrFN2O. The van der Waals surface area contributed by atoms with Crippen LogP contribution in [0.3, 0.4) is 0 Å². The summed E-state index contributed by atoms with van der Waals surface area (Å²) in [6, 6.07) is 5.00. The third-order valence-corrected chi connectivity index (χ3v) is 3.43. The maximum atomic E-state index is 13.8. The van der Waals surface area contributed by atoms with Crippen molar-refractivity contribution in [2.45, 2.75) is 26.7 Å². The molecule has 2 aromatic rings. The highest BCUT2D eigenvalue weighted by Crippen LogP contribution is 2.34. The van der Waals surface area contributed by atoms with Gasteiger partial charge in [-0.25, -0.2) is 9.37 Å². The van der Waals surface area contributed by atoms with E-state index in [1.807, 2.05) is 32.9 Å². The molecule has 1 aromatic heterocycles. The molecule has 2 rings (SSSR count). The molecule has 5 heteroatoms. The predicted molar refractivity (Wildman–Crippen MR) is 81.6 cm³/mol. The van der Waals surface area contributed by atoms with Crippen molar-refractivity contribution in [3.8, 4) is 11.6 Å². The van der Waals surface area contributed by atoms with Crippen molar-refractivity contribution in [3.05, 3.63) is 45.8 Å². The molecule has 0 saturated heterocycles. The summed E-state index contributed by atoms with van der Waals surface area (Å²) in [4.78, 5) is 3.95. The number of nitrogens with two attached hydrogens (primary N) is 1. The Bertz CT molecular complexity index is 644. The van der Waals surface area contributed by atoms with Crippen LogP contribution in [0, 0.1) is 12.7 Å². The van der Waals surface area contributed by atoms with E-state index >= 15 is 0 Å². The van der Waals surface area contributed by atoms with Gasteiger partial charge in [0.1, 0.15) is 5.75 Å². The highest BCUT2D eigenvalue weighted by molar-refractivity contribution is 9.10. The van der Waals surface area contributed by atoms with Crippen LogP contribution in [0.5, 0.6) is 11.6 Å². The molecule has 0 spiro atoms. The molecule has 0 aliphatic heterocycles. The molecule has 0 saturated carbocycles. The summed E-state index contributed by atoms with van der Waals surface area (Å²) in [6.07, 6.45) is 1.50. The number of nitrogens with zero attached hydrogens (tertiary/aromatic N) is 1. The van der Waals surface area contributed by atoms with E-state index in [-0.39, 0.29) is 11.8 Å². The Labute approximate surface area is 126 Å². The van der Waals surface area contributed by atoms with E-state index in [1.165, 1.54) is 12.3 Å². The van der Waals surface area contributed by atoms with Crippen molar-refractivity contribution >= 4 is 21.6 Å². The van der Waals surface area contributed by atoms with Crippen molar-refractivity contribution < 1.29 is 9.13 Å². The maximum absolute atomic E-state index is 13.8. The number of hydrogen-bond donors (Lipinski definition) is 1. The van der Waals surface area contributed by atoms with E-state index < -0.39 is 5.82 Å². The standard InChI is InChI=1S/C15H16BrFN2O/c1-8(2)11-6-13(18)9(3)4-14(11)20-15-12(17)5-10(16)7-19-15/h4-8H,18H2,1-3H3. The van der Waals surface area contributed by atoms with Crippen molar-refractivity contribution in [1.82, 2.24) is 4.98 Å². The van der Waals surface area contributed by atoms with E-state index in [0.29, 0.717) is 15.9 Å². The van der Waals surface area contributed by atoms with Gasteiger partial charge >= 0.3 is 0 Å². The number of halogens is 2. The smallest absolute Gasteiger partial charge is 0.255 e. The number of ether oxygens (including phenoxy) is 1. The second-order valence-electron chi connectivity index (χ2n) is 4.94. The number of benzene rings is 1. The Kier molecular flexibility index (Phi) is 4.28. The minimum absolute atomic E-state index is 0.0423. The molecule has 0 aliphatic rings. The third-order valence-electron chi connectivity index (χ3n) is 3.00. The second-order valence-corrected chi connectivity index (χ2v) is 5.86. The van der Waals surface area contributed by atoms with Crippen LogP contribution in [0.4, 0.5) is 10.1 Å².